The van der Waals surface area contributed by atoms with Crippen LogP contribution in [0.4, 0.5) is 13.2 Å². The number of hydrogen-bond donors (Lipinski definition) is 1. The molecule has 0 heterocycles. The van der Waals surface area contributed by atoms with E-state index in [1.165, 1.54) is 6.07 Å². The van der Waals surface area contributed by atoms with Crippen molar-refractivity contribution in [2.24, 2.45) is 5.73 Å². The van der Waals surface area contributed by atoms with E-state index in [4.69, 9.17) is 17.3 Å². The van der Waals surface area contributed by atoms with Crippen LogP contribution in [0.3, 0.4) is 0 Å². The lowest BCUT2D eigenvalue weighted by Crippen LogP contribution is -2.33. The number of carbonyl (C=O) groups excluding carboxylic acids is 1. The van der Waals surface area contributed by atoms with Gasteiger partial charge >= 0.3 is 12.1 Å². The highest BCUT2D eigenvalue weighted by molar-refractivity contribution is 6.30. The summed E-state index contributed by atoms with van der Waals surface area (Å²) in [6.07, 6.45) is -4.56. The molecule has 2 N–H and O–H groups in total. The number of carbonyl (C=O) groups is 1. The molecule has 0 spiro atoms. The van der Waals surface area contributed by atoms with Crippen molar-refractivity contribution < 1.29 is 22.7 Å². The highest BCUT2D eigenvalue weighted by Gasteiger charge is 2.31. The van der Waals surface area contributed by atoms with Gasteiger partial charge < -0.3 is 10.5 Å². The first kappa shape index (κ1) is 14.8. The van der Waals surface area contributed by atoms with Gasteiger partial charge in [0.25, 0.3) is 0 Å². The number of methoxy groups -OCH3 is 1. The largest absolute Gasteiger partial charge is 0.468 e. The first-order chi connectivity index (χ1) is 8.24. The second-order valence-electron chi connectivity index (χ2n) is 3.68. The topological polar surface area (TPSA) is 52.3 Å². The van der Waals surface area contributed by atoms with Crippen LogP contribution in [0.15, 0.2) is 18.2 Å². The van der Waals surface area contributed by atoms with E-state index in [2.05, 4.69) is 4.74 Å². The monoisotopic (exact) mass is 281 g/mol. The molecule has 0 saturated heterocycles. The number of benzene rings is 1. The molecule has 3 nitrogen and oxygen atoms in total. The molecule has 0 fully saturated rings. The average Bonchev–Trinajstić information content (AvgIpc) is 2.25. The van der Waals surface area contributed by atoms with E-state index in [0.29, 0.717) is 0 Å². The number of rotatable bonds is 3. The van der Waals surface area contributed by atoms with E-state index >= 15 is 0 Å². The van der Waals surface area contributed by atoms with E-state index in [1.54, 1.807) is 0 Å². The summed E-state index contributed by atoms with van der Waals surface area (Å²) < 4.78 is 42.0. The molecule has 0 aliphatic heterocycles. The van der Waals surface area contributed by atoms with Gasteiger partial charge in [0.2, 0.25) is 0 Å². The normalized spacial score (nSPS) is 13.2. The number of alkyl halides is 3. The van der Waals surface area contributed by atoms with Gasteiger partial charge in [0.15, 0.2) is 0 Å². The number of nitrogens with two attached hydrogens (primary N) is 1. The van der Waals surface area contributed by atoms with Crippen molar-refractivity contribution in [2.45, 2.75) is 18.6 Å². The van der Waals surface area contributed by atoms with Crippen molar-refractivity contribution in [1.29, 1.82) is 0 Å². The minimum atomic E-state index is -4.49. The molecule has 7 heteroatoms. The third-order valence-corrected chi connectivity index (χ3v) is 2.46. The molecule has 1 rings (SSSR count). The van der Waals surface area contributed by atoms with Crippen molar-refractivity contribution in [3.63, 3.8) is 0 Å². The molecule has 1 aromatic rings. The molecule has 100 valence electrons. The van der Waals surface area contributed by atoms with Gasteiger partial charge in [-0.1, -0.05) is 11.6 Å². The summed E-state index contributed by atoms with van der Waals surface area (Å²) in [5.74, 6) is -0.691. The Labute approximate surface area is 107 Å². The van der Waals surface area contributed by atoms with Crippen LogP contribution in [-0.2, 0) is 22.1 Å². The van der Waals surface area contributed by atoms with Gasteiger partial charge in [0.05, 0.1) is 12.7 Å². The van der Waals surface area contributed by atoms with Crippen LogP contribution in [-0.4, -0.2) is 19.1 Å². The zero-order chi connectivity index (χ0) is 13.9. The van der Waals surface area contributed by atoms with Crippen LogP contribution in [0.2, 0.25) is 5.02 Å². The molecule has 18 heavy (non-hydrogen) atoms. The van der Waals surface area contributed by atoms with Crippen LogP contribution in [0.1, 0.15) is 11.1 Å². The molecular weight excluding hydrogens is 271 g/mol. The van der Waals surface area contributed by atoms with Gasteiger partial charge in [-0.15, -0.1) is 0 Å². The van der Waals surface area contributed by atoms with Crippen LogP contribution in [0.25, 0.3) is 0 Å². The molecule has 0 saturated carbocycles. The fourth-order valence-corrected chi connectivity index (χ4v) is 1.68. The summed E-state index contributed by atoms with van der Waals surface area (Å²) >= 11 is 5.60. The first-order valence-electron chi connectivity index (χ1n) is 4.94. The molecule has 0 bridgehead atoms. The minimum absolute atomic E-state index is 0.0584. The minimum Gasteiger partial charge on any atom is -0.468 e. The average molecular weight is 282 g/mol. The SMILES string of the molecule is COC(=O)[C@@H](N)Cc1cc(Cl)cc(C(F)(F)F)c1. The smallest absolute Gasteiger partial charge is 0.416 e. The number of halogens is 4. The zero-order valence-electron chi connectivity index (χ0n) is 9.42. The lowest BCUT2D eigenvalue weighted by atomic mass is 10.0. The Balaban J connectivity index is 2.97. The third kappa shape index (κ3) is 3.89. The van der Waals surface area contributed by atoms with Gasteiger partial charge in [-0.3, -0.25) is 4.79 Å². The predicted molar refractivity (Wildman–Crippen MR) is 60.1 cm³/mol. The Morgan fingerprint density at radius 1 is 1.44 bits per heavy atom. The molecule has 0 radical (unpaired) electrons. The lowest BCUT2D eigenvalue weighted by molar-refractivity contribution is -0.142. The second kappa shape index (κ2) is 5.58. The van der Waals surface area contributed by atoms with Crippen molar-refractivity contribution >= 4 is 17.6 Å². The van der Waals surface area contributed by atoms with Crippen LogP contribution in [0, 0.1) is 0 Å². The van der Waals surface area contributed by atoms with Gasteiger partial charge in [0.1, 0.15) is 6.04 Å². The van der Waals surface area contributed by atoms with E-state index in [9.17, 15) is 18.0 Å². The fourth-order valence-electron chi connectivity index (χ4n) is 1.42. The van der Waals surface area contributed by atoms with Crippen LogP contribution in [0.5, 0.6) is 0 Å². The van der Waals surface area contributed by atoms with Crippen molar-refractivity contribution in [1.82, 2.24) is 0 Å². The maximum absolute atomic E-state index is 12.5. The Morgan fingerprint density at radius 2 is 2.06 bits per heavy atom. The van der Waals surface area contributed by atoms with Gasteiger partial charge in [0, 0.05) is 5.02 Å². The summed E-state index contributed by atoms with van der Waals surface area (Å²) in [7, 11) is 1.15. The third-order valence-electron chi connectivity index (χ3n) is 2.24. The quantitative estimate of drug-likeness (QED) is 0.866. The highest BCUT2D eigenvalue weighted by Crippen LogP contribution is 2.32. The van der Waals surface area contributed by atoms with E-state index < -0.39 is 23.8 Å². The van der Waals surface area contributed by atoms with Crippen molar-refractivity contribution in [2.75, 3.05) is 7.11 Å². The van der Waals surface area contributed by atoms with Gasteiger partial charge in [-0.25, -0.2) is 0 Å². The molecular formula is C11H11ClF3NO2. The molecule has 0 aliphatic rings. The Hall–Kier alpha value is -1.27. The van der Waals surface area contributed by atoms with Gasteiger partial charge in [-0.2, -0.15) is 13.2 Å². The Bertz CT molecular complexity index is 448. The van der Waals surface area contributed by atoms with Crippen LogP contribution < -0.4 is 5.73 Å². The summed E-state index contributed by atoms with van der Waals surface area (Å²) in [5, 5.41) is -0.0584. The van der Waals surface area contributed by atoms with Gasteiger partial charge in [-0.05, 0) is 30.2 Å². The zero-order valence-corrected chi connectivity index (χ0v) is 10.2. The summed E-state index contributed by atoms with van der Waals surface area (Å²) in [5.41, 5.74) is 4.83. The summed E-state index contributed by atoms with van der Waals surface area (Å²) in [4.78, 5) is 11.1. The molecule has 0 aliphatic carbocycles. The van der Waals surface area contributed by atoms with E-state index in [0.717, 1.165) is 19.2 Å². The molecule has 0 aromatic heterocycles. The molecule has 0 unspecified atom stereocenters. The summed E-state index contributed by atoms with van der Waals surface area (Å²) in [6, 6.07) is 2.04. The molecule has 1 aromatic carbocycles. The Morgan fingerprint density at radius 3 is 2.56 bits per heavy atom. The van der Waals surface area contributed by atoms with E-state index in [-0.39, 0.29) is 17.0 Å². The Kier molecular flexibility index (Phi) is 4.59. The van der Waals surface area contributed by atoms with Crippen LogP contribution >= 0.6 is 11.6 Å². The molecule has 1 atom stereocenters. The number of hydrogen-bond acceptors (Lipinski definition) is 3. The van der Waals surface area contributed by atoms with Crippen molar-refractivity contribution in [3.8, 4) is 0 Å². The highest BCUT2D eigenvalue weighted by atomic mass is 35.5. The fraction of sp³-hybridized carbons (Fsp3) is 0.364. The number of esters is 1. The maximum Gasteiger partial charge on any atom is 0.416 e. The van der Waals surface area contributed by atoms with Crippen molar-refractivity contribution in [3.05, 3.63) is 34.3 Å². The summed E-state index contributed by atoms with van der Waals surface area (Å²) in [6.45, 7) is 0. The number of ether oxygens (including phenoxy) is 1. The molecule has 0 amide bonds. The lowest BCUT2D eigenvalue weighted by Gasteiger charge is -2.12. The second-order valence-corrected chi connectivity index (χ2v) is 4.12. The maximum atomic E-state index is 12.5. The van der Waals surface area contributed by atoms with E-state index in [1.807, 2.05) is 0 Å². The standard InChI is InChI=1S/C11H11ClF3NO2/c1-18-10(17)9(16)4-6-2-7(11(13,14)15)5-8(12)3-6/h2-3,5,9H,4,16H2,1H3/t9-/m0/s1. The first-order valence-corrected chi connectivity index (χ1v) is 5.32. The predicted octanol–water partition coefficient (Wildman–Crippen LogP) is 2.40.